The smallest absolute Gasteiger partial charge is 0.368 e. The third-order valence-corrected chi connectivity index (χ3v) is 4.78. The maximum absolute atomic E-state index is 13.7. The Labute approximate surface area is 173 Å². The van der Waals surface area contributed by atoms with E-state index in [-0.39, 0.29) is 23.1 Å². The molecule has 0 saturated heterocycles. The van der Waals surface area contributed by atoms with E-state index in [0.29, 0.717) is 17.5 Å². The first-order valence-corrected chi connectivity index (χ1v) is 9.07. The van der Waals surface area contributed by atoms with Crippen LogP contribution in [0.25, 0.3) is 10.8 Å². The number of pyridine rings is 1. The lowest BCUT2D eigenvalue weighted by Crippen LogP contribution is -2.31. The minimum atomic E-state index is -4.83. The van der Waals surface area contributed by atoms with Gasteiger partial charge in [-0.15, -0.1) is 0 Å². The monoisotopic (exact) mass is 435 g/mol. The largest absolute Gasteiger partial charge is 0.419 e. The Morgan fingerprint density at radius 2 is 1.84 bits per heavy atom. The topological polar surface area (TPSA) is 94.2 Å². The van der Waals surface area contributed by atoms with Crippen molar-refractivity contribution in [3.8, 4) is 0 Å². The molecule has 162 valence electrons. The van der Waals surface area contributed by atoms with Gasteiger partial charge in [-0.2, -0.15) is 13.2 Å². The summed E-state index contributed by atoms with van der Waals surface area (Å²) in [6, 6.07) is 7.51. The number of alkyl halides is 3. The van der Waals surface area contributed by atoms with Gasteiger partial charge in [0.05, 0.1) is 12.0 Å². The Kier molecular flexibility index (Phi) is 5.83. The highest BCUT2D eigenvalue weighted by molar-refractivity contribution is 6.02. The number of carbonyl (C=O) groups excluding carboxylic acids is 2. The molecule has 1 heterocycles. The number of nitrogens with one attached hydrogen (secondary N) is 1. The highest BCUT2D eigenvalue weighted by Gasteiger charge is 2.34. The van der Waals surface area contributed by atoms with E-state index >= 15 is 0 Å². The summed E-state index contributed by atoms with van der Waals surface area (Å²) in [5.41, 5.74) is 3.70. The Bertz CT molecular complexity index is 1230. The lowest BCUT2D eigenvalue weighted by atomic mass is 10.1. The molecule has 3 N–H and O–H groups in total. The van der Waals surface area contributed by atoms with Crippen LogP contribution < -0.4 is 16.6 Å². The van der Waals surface area contributed by atoms with Crippen LogP contribution in [0.4, 0.5) is 23.2 Å². The zero-order chi connectivity index (χ0) is 22.9. The molecule has 0 radical (unpaired) electrons. The molecule has 0 saturated carbocycles. The van der Waals surface area contributed by atoms with Crippen molar-refractivity contribution in [3.63, 3.8) is 0 Å². The molecule has 2 aromatic carbocycles. The van der Waals surface area contributed by atoms with E-state index in [1.807, 2.05) is 0 Å². The number of rotatable bonds is 5. The van der Waals surface area contributed by atoms with Crippen molar-refractivity contribution in [2.24, 2.45) is 5.73 Å². The van der Waals surface area contributed by atoms with Crippen LogP contribution in [-0.2, 0) is 22.2 Å². The highest BCUT2D eigenvalue weighted by atomic mass is 19.4. The van der Waals surface area contributed by atoms with E-state index in [4.69, 9.17) is 5.73 Å². The van der Waals surface area contributed by atoms with E-state index < -0.39 is 41.0 Å². The van der Waals surface area contributed by atoms with Gasteiger partial charge >= 0.3 is 6.18 Å². The van der Waals surface area contributed by atoms with Crippen LogP contribution in [0.5, 0.6) is 0 Å². The van der Waals surface area contributed by atoms with Crippen molar-refractivity contribution in [1.29, 1.82) is 0 Å². The van der Waals surface area contributed by atoms with Crippen LogP contribution in [0, 0.1) is 5.82 Å². The maximum atomic E-state index is 13.7. The zero-order valence-electron chi connectivity index (χ0n) is 16.2. The predicted molar refractivity (Wildman–Crippen MR) is 106 cm³/mol. The van der Waals surface area contributed by atoms with Gasteiger partial charge in [0, 0.05) is 22.7 Å². The van der Waals surface area contributed by atoms with Crippen LogP contribution in [0.2, 0.25) is 0 Å². The molecule has 0 fully saturated rings. The predicted octanol–water partition coefficient (Wildman–Crippen LogP) is 3.39. The van der Waals surface area contributed by atoms with Gasteiger partial charge in [0.2, 0.25) is 11.8 Å². The SMILES string of the molecule is CC(C(N)=O)n1ccc2c(NC(=O)Cc3ccc(C(F)(F)F)c(F)c3)cccc2c1=O. The second-order valence-corrected chi connectivity index (χ2v) is 6.91. The van der Waals surface area contributed by atoms with Gasteiger partial charge in [0.15, 0.2) is 0 Å². The molecule has 0 aliphatic rings. The average molecular weight is 435 g/mol. The van der Waals surface area contributed by atoms with E-state index in [1.54, 1.807) is 0 Å². The number of hydrogen-bond donors (Lipinski definition) is 2. The molecule has 31 heavy (non-hydrogen) atoms. The summed E-state index contributed by atoms with van der Waals surface area (Å²) in [5, 5.41) is 3.20. The first kappa shape index (κ1) is 22.0. The summed E-state index contributed by atoms with van der Waals surface area (Å²) in [7, 11) is 0. The van der Waals surface area contributed by atoms with Gasteiger partial charge in [-0.25, -0.2) is 4.39 Å². The van der Waals surface area contributed by atoms with Crippen LogP contribution >= 0.6 is 0 Å². The molecule has 6 nitrogen and oxygen atoms in total. The molecule has 0 aliphatic heterocycles. The third-order valence-electron chi connectivity index (χ3n) is 4.78. The van der Waals surface area contributed by atoms with Crippen molar-refractivity contribution in [2.45, 2.75) is 25.6 Å². The summed E-state index contributed by atoms with van der Waals surface area (Å²) in [5.74, 6) is -2.76. The number of nitrogens with zero attached hydrogens (tertiary/aromatic N) is 1. The highest BCUT2D eigenvalue weighted by Crippen LogP contribution is 2.31. The van der Waals surface area contributed by atoms with E-state index in [0.717, 1.165) is 6.07 Å². The standard InChI is InChI=1S/C21H17F4N3O3/c1-11(19(26)30)28-8-7-13-14(20(28)31)3-2-4-17(13)27-18(29)10-12-5-6-15(16(22)9-12)21(23,24)25/h2-9,11H,10H2,1H3,(H2,26,30)(H,27,29). The molecule has 0 aliphatic carbocycles. The first-order chi connectivity index (χ1) is 14.5. The number of carbonyl (C=O) groups is 2. The Balaban J connectivity index is 1.86. The molecule has 1 unspecified atom stereocenters. The second-order valence-electron chi connectivity index (χ2n) is 6.91. The Morgan fingerprint density at radius 1 is 1.13 bits per heavy atom. The minimum absolute atomic E-state index is 0.0564. The summed E-state index contributed by atoms with van der Waals surface area (Å²) < 4.78 is 52.9. The number of aromatic nitrogens is 1. The fourth-order valence-electron chi connectivity index (χ4n) is 3.12. The number of primary amides is 1. The first-order valence-electron chi connectivity index (χ1n) is 9.07. The third kappa shape index (κ3) is 4.57. The van der Waals surface area contributed by atoms with Gasteiger partial charge < -0.3 is 15.6 Å². The fraction of sp³-hybridized carbons (Fsp3) is 0.190. The summed E-state index contributed by atoms with van der Waals surface area (Å²) in [4.78, 5) is 36.4. The van der Waals surface area contributed by atoms with Crippen molar-refractivity contribution in [1.82, 2.24) is 4.57 Å². The number of amides is 2. The number of fused-ring (bicyclic) bond motifs is 1. The average Bonchev–Trinajstić information content (AvgIpc) is 2.67. The molecule has 10 heteroatoms. The molecule has 0 bridgehead atoms. The minimum Gasteiger partial charge on any atom is -0.368 e. The zero-order valence-corrected chi connectivity index (χ0v) is 16.2. The lowest BCUT2D eigenvalue weighted by molar-refractivity contribution is -0.140. The molecule has 3 rings (SSSR count). The van der Waals surface area contributed by atoms with Gasteiger partial charge in [0.25, 0.3) is 5.56 Å². The van der Waals surface area contributed by atoms with Crippen molar-refractivity contribution < 1.29 is 27.2 Å². The lowest BCUT2D eigenvalue weighted by Gasteiger charge is -2.14. The molecule has 3 aromatic rings. The van der Waals surface area contributed by atoms with Crippen molar-refractivity contribution in [3.05, 3.63) is 76.0 Å². The molecule has 1 aromatic heterocycles. The van der Waals surface area contributed by atoms with Crippen molar-refractivity contribution >= 4 is 28.3 Å². The number of benzene rings is 2. The molecular formula is C21H17F4N3O3. The van der Waals surface area contributed by atoms with Gasteiger partial charge in [-0.3, -0.25) is 14.4 Å². The second kappa shape index (κ2) is 8.21. The van der Waals surface area contributed by atoms with E-state index in [9.17, 15) is 31.9 Å². The number of hydrogen-bond acceptors (Lipinski definition) is 3. The van der Waals surface area contributed by atoms with Crippen LogP contribution in [-0.4, -0.2) is 16.4 Å². The summed E-state index contributed by atoms with van der Waals surface area (Å²) >= 11 is 0. The van der Waals surface area contributed by atoms with Gasteiger partial charge in [0.1, 0.15) is 11.9 Å². The van der Waals surface area contributed by atoms with Crippen molar-refractivity contribution in [2.75, 3.05) is 5.32 Å². The maximum Gasteiger partial charge on any atom is 0.419 e. The van der Waals surface area contributed by atoms with Crippen LogP contribution in [0.15, 0.2) is 53.5 Å². The summed E-state index contributed by atoms with van der Waals surface area (Å²) in [6.45, 7) is 1.48. The normalized spacial score (nSPS) is 12.5. The van der Waals surface area contributed by atoms with E-state index in [2.05, 4.69) is 5.32 Å². The van der Waals surface area contributed by atoms with E-state index in [1.165, 1.54) is 42.0 Å². The Hall–Kier alpha value is -3.69. The molecule has 0 spiro atoms. The summed E-state index contributed by atoms with van der Waals surface area (Å²) in [6.07, 6.45) is -3.82. The van der Waals surface area contributed by atoms with Crippen LogP contribution in [0.1, 0.15) is 24.1 Å². The number of nitrogens with two attached hydrogens (primary N) is 1. The number of halogens is 4. The Morgan fingerprint density at radius 3 is 2.45 bits per heavy atom. The van der Waals surface area contributed by atoms with Gasteiger partial charge in [-0.1, -0.05) is 12.1 Å². The van der Waals surface area contributed by atoms with Crippen LogP contribution in [0.3, 0.4) is 0 Å². The van der Waals surface area contributed by atoms with Gasteiger partial charge in [-0.05, 0) is 42.8 Å². The fourth-order valence-corrected chi connectivity index (χ4v) is 3.12. The molecular weight excluding hydrogens is 418 g/mol. The number of anilines is 1. The quantitative estimate of drug-likeness (QED) is 0.602. The molecule has 1 atom stereocenters. The molecule has 2 amide bonds.